The van der Waals surface area contributed by atoms with Crippen molar-refractivity contribution >= 4 is 8.03 Å². The molecule has 3 nitrogen and oxygen atoms in total. The minimum Gasteiger partial charge on any atom is -0.385 e. The second-order valence-corrected chi connectivity index (χ2v) is 3.81. The summed E-state index contributed by atoms with van der Waals surface area (Å²) in [5, 5.41) is 9.57. The third-order valence-electron chi connectivity index (χ3n) is 1.58. The lowest BCUT2D eigenvalue weighted by Gasteiger charge is -2.22. The Bertz CT molecular complexity index is 222. The molecule has 0 heterocycles. The third kappa shape index (κ3) is 2.62. The Kier molecular flexibility index (Phi) is 2.66. The van der Waals surface area contributed by atoms with Crippen molar-refractivity contribution in [3.05, 3.63) is 24.3 Å². The maximum absolute atomic E-state index is 10.4. The van der Waals surface area contributed by atoms with Gasteiger partial charge in [0.2, 0.25) is 0 Å². The van der Waals surface area contributed by atoms with E-state index in [2.05, 4.69) is 0 Å². The van der Waals surface area contributed by atoms with Crippen LogP contribution < -0.4 is 0 Å². The number of aliphatic hydroxyl groups is 1. The van der Waals surface area contributed by atoms with Gasteiger partial charge in [-0.3, -0.25) is 4.57 Å². The van der Waals surface area contributed by atoms with Crippen molar-refractivity contribution in [2.24, 2.45) is 0 Å². The van der Waals surface area contributed by atoms with Crippen molar-refractivity contribution in [2.75, 3.05) is 6.16 Å². The van der Waals surface area contributed by atoms with Gasteiger partial charge in [-0.1, -0.05) is 24.3 Å². The van der Waals surface area contributed by atoms with Gasteiger partial charge in [0.1, 0.15) is 0 Å². The molecule has 1 aliphatic carbocycles. The van der Waals surface area contributed by atoms with Gasteiger partial charge in [0, 0.05) is 0 Å². The molecule has 4 heteroatoms. The second kappa shape index (κ2) is 3.35. The van der Waals surface area contributed by atoms with Crippen LogP contribution in [0.3, 0.4) is 0 Å². The molecule has 0 bridgehead atoms. The number of allylic oxidation sites excluding steroid dienone is 2. The molecule has 1 aliphatic rings. The highest BCUT2D eigenvalue weighted by molar-refractivity contribution is 7.38. The zero-order chi connectivity index (χ0) is 8.32. The molecular weight excluding hydrogens is 163 g/mol. The van der Waals surface area contributed by atoms with Crippen LogP contribution in [0.4, 0.5) is 0 Å². The van der Waals surface area contributed by atoms with Gasteiger partial charge in [0.15, 0.2) is 8.03 Å². The number of hydrogen-bond acceptors (Lipinski definition) is 2. The Morgan fingerprint density at radius 2 is 2.27 bits per heavy atom. The first-order valence-corrected chi connectivity index (χ1v) is 4.97. The molecule has 0 radical (unpaired) electrons. The fourth-order valence-electron chi connectivity index (χ4n) is 1.05. The minimum absolute atomic E-state index is 0.0431. The van der Waals surface area contributed by atoms with E-state index in [4.69, 9.17) is 4.89 Å². The van der Waals surface area contributed by atoms with Gasteiger partial charge in [-0.2, -0.15) is 0 Å². The van der Waals surface area contributed by atoms with E-state index in [1.54, 1.807) is 18.2 Å². The van der Waals surface area contributed by atoms with Crippen molar-refractivity contribution in [2.45, 2.75) is 12.0 Å². The van der Waals surface area contributed by atoms with Crippen molar-refractivity contribution in [1.82, 2.24) is 0 Å². The standard InChI is InChI=1S/C7H11O3P/c8-7(6-11(9)10)4-2-1-3-5-7/h1-4,8,11H,5-6H2,(H,9,10). The van der Waals surface area contributed by atoms with Crippen LogP contribution in [-0.2, 0) is 4.57 Å². The van der Waals surface area contributed by atoms with Gasteiger partial charge in [-0.15, -0.1) is 0 Å². The molecular formula is C7H11O3P. The minimum atomic E-state index is -2.58. The average molecular weight is 174 g/mol. The van der Waals surface area contributed by atoms with E-state index in [0.29, 0.717) is 6.42 Å². The second-order valence-electron chi connectivity index (χ2n) is 2.67. The highest BCUT2D eigenvalue weighted by Crippen LogP contribution is 2.27. The molecule has 62 valence electrons. The highest BCUT2D eigenvalue weighted by atomic mass is 31.1. The number of hydrogen-bond donors (Lipinski definition) is 2. The zero-order valence-electron chi connectivity index (χ0n) is 6.03. The summed E-state index contributed by atoms with van der Waals surface area (Å²) in [6, 6.07) is 0. The maximum atomic E-state index is 10.4. The summed E-state index contributed by atoms with van der Waals surface area (Å²) in [5.74, 6) is 0. The van der Waals surface area contributed by atoms with Crippen LogP contribution in [0.1, 0.15) is 6.42 Å². The molecule has 2 atom stereocenters. The van der Waals surface area contributed by atoms with Crippen LogP contribution >= 0.6 is 8.03 Å². The van der Waals surface area contributed by atoms with Crippen molar-refractivity contribution in [1.29, 1.82) is 0 Å². The first-order valence-electron chi connectivity index (χ1n) is 3.41. The highest BCUT2D eigenvalue weighted by Gasteiger charge is 2.24. The first kappa shape index (κ1) is 8.72. The topological polar surface area (TPSA) is 57.5 Å². The van der Waals surface area contributed by atoms with E-state index in [1.807, 2.05) is 6.08 Å². The SMILES string of the molecule is O=[PH](O)CC1(O)C=CC=CC1. The lowest BCUT2D eigenvalue weighted by Crippen LogP contribution is -2.29. The van der Waals surface area contributed by atoms with Crippen LogP contribution in [-0.4, -0.2) is 21.8 Å². The molecule has 0 aromatic carbocycles. The predicted octanol–water partition coefficient (Wildman–Crippen LogP) is 0.701. The van der Waals surface area contributed by atoms with E-state index in [9.17, 15) is 9.67 Å². The molecule has 0 aromatic heterocycles. The van der Waals surface area contributed by atoms with E-state index in [-0.39, 0.29) is 6.16 Å². The molecule has 2 unspecified atom stereocenters. The smallest absolute Gasteiger partial charge is 0.192 e. The fourth-order valence-corrected chi connectivity index (χ4v) is 1.83. The predicted molar refractivity (Wildman–Crippen MR) is 43.9 cm³/mol. The van der Waals surface area contributed by atoms with Gasteiger partial charge in [-0.05, 0) is 6.42 Å². The summed E-state index contributed by atoms with van der Waals surface area (Å²) >= 11 is 0. The molecule has 0 spiro atoms. The largest absolute Gasteiger partial charge is 0.385 e. The monoisotopic (exact) mass is 174 g/mol. The maximum Gasteiger partial charge on any atom is 0.192 e. The molecule has 0 aromatic rings. The van der Waals surface area contributed by atoms with Gasteiger partial charge >= 0.3 is 0 Å². The van der Waals surface area contributed by atoms with Gasteiger partial charge in [0.25, 0.3) is 0 Å². The lowest BCUT2D eigenvalue weighted by atomic mass is 9.98. The molecule has 0 saturated carbocycles. The molecule has 0 fully saturated rings. The Labute approximate surface area is 65.9 Å². The average Bonchev–Trinajstić information content (AvgIpc) is 1.85. The van der Waals surface area contributed by atoms with E-state index < -0.39 is 13.6 Å². The Morgan fingerprint density at radius 1 is 1.55 bits per heavy atom. The third-order valence-corrected chi connectivity index (χ3v) is 2.50. The fraction of sp³-hybridized carbons (Fsp3) is 0.429. The number of rotatable bonds is 2. The van der Waals surface area contributed by atoms with Crippen molar-refractivity contribution < 1.29 is 14.6 Å². The van der Waals surface area contributed by atoms with Crippen LogP contribution in [0.2, 0.25) is 0 Å². The Hall–Kier alpha value is -0.370. The van der Waals surface area contributed by atoms with E-state index in [0.717, 1.165) is 0 Å². The summed E-state index contributed by atoms with van der Waals surface area (Å²) in [5.41, 5.74) is -1.08. The molecule has 1 rings (SSSR count). The van der Waals surface area contributed by atoms with Gasteiger partial charge in [0.05, 0.1) is 11.8 Å². The van der Waals surface area contributed by atoms with Gasteiger partial charge < -0.3 is 10.00 Å². The zero-order valence-corrected chi connectivity index (χ0v) is 7.03. The lowest BCUT2D eigenvalue weighted by molar-refractivity contribution is 0.115. The molecule has 0 amide bonds. The van der Waals surface area contributed by atoms with Crippen LogP contribution in [0.15, 0.2) is 24.3 Å². The normalized spacial score (nSPS) is 32.2. The summed E-state index contributed by atoms with van der Waals surface area (Å²) in [7, 11) is -2.58. The molecule has 11 heavy (non-hydrogen) atoms. The Morgan fingerprint density at radius 3 is 2.73 bits per heavy atom. The van der Waals surface area contributed by atoms with Crippen LogP contribution in [0.5, 0.6) is 0 Å². The van der Waals surface area contributed by atoms with Crippen molar-refractivity contribution in [3.8, 4) is 0 Å². The Balaban J connectivity index is 2.61. The summed E-state index contributed by atoms with van der Waals surface area (Å²) in [4.78, 5) is 8.60. The molecule has 0 aliphatic heterocycles. The van der Waals surface area contributed by atoms with Crippen molar-refractivity contribution in [3.63, 3.8) is 0 Å². The van der Waals surface area contributed by atoms with Gasteiger partial charge in [-0.25, -0.2) is 0 Å². The summed E-state index contributed by atoms with van der Waals surface area (Å²) in [6.07, 6.45) is 7.23. The van der Waals surface area contributed by atoms with Crippen LogP contribution in [0, 0.1) is 0 Å². The molecule has 0 saturated heterocycles. The van der Waals surface area contributed by atoms with E-state index >= 15 is 0 Å². The summed E-state index contributed by atoms with van der Waals surface area (Å²) < 4.78 is 10.4. The molecule has 2 N–H and O–H groups in total. The van der Waals surface area contributed by atoms with E-state index in [1.165, 1.54) is 0 Å². The van der Waals surface area contributed by atoms with Crippen LogP contribution in [0.25, 0.3) is 0 Å². The quantitative estimate of drug-likeness (QED) is 0.606. The first-order chi connectivity index (χ1) is 5.12. The summed E-state index contributed by atoms with van der Waals surface area (Å²) in [6.45, 7) is 0.